The van der Waals surface area contributed by atoms with Gasteiger partial charge in [0.1, 0.15) is 29.2 Å². The second-order valence-corrected chi connectivity index (χ2v) is 14.5. The summed E-state index contributed by atoms with van der Waals surface area (Å²) in [5.74, 6) is -1.08. The highest BCUT2D eigenvalue weighted by Gasteiger charge is 2.61. The number of carboxylic acid groups (broad SMARTS) is 1. The number of methoxy groups -OCH3 is 1. The highest BCUT2D eigenvalue weighted by atomic mass is 32.1. The molecule has 4 N–H and O–H groups in total. The lowest BCUT2D eigenvalue weighted by molar-refractivity contribution is -0.144. The number of benzene rings is 2. The summed E-state index contributed by atoms with van der Waals surface area (Å²) in [6.45, 7) is 7.99. The van der Waals surface area contributed by atoms with Gasteiger partial charge in [-0.3, -0.25) is 9.59 Å². The van der Waals surface area contributed by atoms with Crippen molar-refractivity contribution < 1.29 is 33.8 Å². The van der Waals surface area contributed by atoms with Crippen LogP contribution in [0.15, 0.2) is 84.1 Å². The first-order chi connectivity index (χ1) is 25.0. The zero-order chi connectivity index (χ0) is 37.0. The number of carbonyl (C=O) groups excluding carboxylic acids is 3. The summed E-state index contributed by atoms with van der Waals surface area (Å²) in [6, 6.07) is 16.7. The van der Waals surface area contributed by atoms with Crippen LogP contribution in [0.4, 0.5) is 4.79 Å². The van der Waals surface area contributed by atoms with Gasteiger partial charge in [-0.15, -0.1) is 6.58 Å². The molecule has 3 heterocycles. The molecule has 13 heteroatoms. The number of nitrogens with zero attached hydrogens (tertiary/aromatic N) is 2. The Hall–Kier alpha value is -5.43. The van der Waals surface area contributed by atoms with Gasteiger partial charge < -0.3 is 35.4 Å². The molecule has 12 nitrogen and oxygen atoms in total. The van der Waals surface area contributed by atoms with Crippen LogP contribution in [0.5, 0.6) is 11.5 Å². The molecular formula is C39H43N5O7S. The lowest BCUT2D eigenvalue weighted by Gasteiger charge is -2.29. The van der Waals surface area contributed by atoms with E-state index >= 15 is 0 Å². The van der Waals surface area contributed by atoms with E-state index in [4.69, 9.17) is 14.5 Å². The number of pyridine rings is 1. The van der Waals surface area contributed by atoms with Crippen molar-refractivity contribution in [2.75, 3.05) is 20.2 Å². The fourth-order valence-electron chi connectivity index (χ4n) is 6.74. The normalized spacial score (nSPS) is 21.3. The van der Waals surface area contributed by atoms with Crippen molar-refractivity contribution in [1.29, 1.82) is 0 Å². The van der Waals surface area contributed by atoms with Crippen LogP contribution in [0.2, 0.25) is 0 Å². The third-order valence-electron chi connectivity index (χ3n) is 9.57. The Morgan fingerprint density at radius 2 is 1.92 bits per heavy atom. The van der Waals surface area contributed by atoms with Crippen molar-refractivity contribution in [3.63, 3.8) is 0 Å². The number of amides is 4. The van der Waals surface area contributed by atoms with E-state index in [9.17, 15) is 24.3 Å². The number of urea groups is 1. The van der Waals surface area contributed by atoms with Crippen molar-refractivity contribution in [2.24, 2.45) is 11.8 Å². The van der Waals surface area contributed by atoms with Crippen molar-refractivity contribution in [1.82, 2.24) is 25.8 Å². The molecule has 0 radical (unpaired) electrons. The number of thiophene rings is 1. The number of ether oxygens (including phenoxy) is 2. The van der Waals surface area contributed by atoms with Crippen molar-refractivity contribution in [3.8, 4) is 22.8 Å². The summed E-state index contributed by atoms with van der Waals surface area (Å²) in [6.07, 6.45) is 1.78. The Balaban J connectivity index is 1.27. The highest BCUT2D eigenvalue weighted by Crippen LogP contribution is 2.45. The quantitative estimate of drug-likeness (QED) is 0.124. The molecule has 2 unspecified atom stereocenters. The first-order valence-corrected chi connectivity index (χ1v) is 18.2. The Bertz CT molecular complexity index is 1950. The second kappa shape index (κ2) is 15.4. The number of hydrogen-bond donors (Lipinski definition) is 4. The maximum absolute atomic E-state index is 14.1. The number of aromatic nitrogens is 1. The third-order valence-corrected chi connectivity index (χ3v) is 10.3. The summed E-state index contributed by atoms with van der Waals surface area (Å²) in [4.78, 5) is 59.3. The van der Waals surface area contributed by atoms with Gasteiger partial charge in [0.05, 0.1) is 24.9 Å². The first kappa shape index (κ1) is 36.4. The fraction of sp³-hybridized carbons (Fsp3) is 0.359. The second-order valence-electron chi connectivity index (χ2n) is 13.7. The van der Waals surface area contributed by atoms with Crippen molar-refractivity contribution in [2.45, 2.75) is 56.8 Å². The number of nitrogens with one attached hydrogen (secondary N) is 3. The number of fused-ring (bicyclic) bond motifs is 1. The number of aliphatic carboxylic acids is 1. The van der Waals surface area contributed by atoms with Gasteiger partial charge in [-0.05, 0) is 42.3 Å². The molecule has 0 spiro atoms. The molecule has 0 bridgehead atoms. The summed E-state index contributed by atoms with van der Waals surface area (Å²) in [5, 5.41) is 23.0. The van der Waals surface area contributed by atoms with Crippen LogP contribution in [-0.4, -0.2) is 82.7 Å². The number of carbonyl (C=O) groups is 4. The summed E-state index contributed by atoms with van der Waals surface area (Å²) in [5.41, 5.74) is 1.26. The van der Waals surface area contributed by atoms with E-state index in [0.717, 1.165) is 10.9 Å². The molecule has 272 valence electrons. The van der Waals surface area contributed by atoms with Crippen molar-refractivity contribution in [3.05, 3.63) is 89.6 Å². The minimum Gasteiger partial charge on any atom is -0.497 e. The molecule has 1 aliphatic heterocycles. The predicted octanol–water partition coefficient (Wildman–Crippen LogP) is 5.49. The van der Waals surface area contributed by atoms with Gasteiger partial charge in [0.2, 0.25) is 5.91 Å². The van der Waals surface area contributed by atoms with E-state index in [1.807, 2.05) is 73.8 Å². The molecule has 5 atom stereocenters. The zero-order valence-corrected chi connectivity index (χ0v) is 30.2. The van der Waals surface area contributed by atoms with Gasteiger partial charge in [-0.2, -0.15) is 11.3 Å². The average Bonchev–Trinajstić information content (AvgIpc) is 3.43. The van der Waals surface area contributed by atoms with Gasteiger partial charge in [-0.1, -0.05) is 50.3 Å². The minimum atomic E-state index is -1.48. The lowest BCUT2D eigenvalue weighted by atomic mass is 10.0. The standard InChI is InChI=1S/C39H43N5O7S/c1-5-26-19-39(26,37(47)48)43-36(46)33-17-29(21-44(33)38(49)41-27(15-23(2)3)20-40-35(45)25-13-14-52-22-25)51-34-18-31(24-9-7-6-8-10-24)42-32-16-28(50-4)11-12-30(32)34/h5-14,16,18,22-23,26-27,29,33H,1,15,17,19-21H2,2-4H3,(H,40,45)(H,41,49)(H,43,46)(H,47,48)/t26?,27-,29+,33?,39+/m0/s1. The highest BCUT2D eigenvalue weighted by molar-refractivity contribution is 7.08. The molecule has 4 aromatic rings. The topological polar surface area (TPSA) is 159 Å². The molecule has 6 rings (SSSR count). The predicted molar refractivity (Wildman–Crippen MR) is 198 cm³/mol. The smallest absolute Gasteiger partial charge is 0.330 e. The van der Waals surface area contributed by atoms with Gasteiger partial charge in [0.15, 0.2) is 0 Å². The minimum absolute atomic E-state index is 0.0468. The number of rotatable bonds is 14. The number of likely N-dealkylation sites (tertiary alicyclic amines) is 1. The van der Waals surface area contributed by atoms with Crippen LogP contribution in [-0.2, 0) is 9.59 Å². The maximum atomic E-state index is 14.1. The molecule has 2 aliphatic rings. The van der Waals surface area contributed by atoms with Gasteiger partial charge in [0.25, 0.3) is 5.91 Å². The van der Waals surface area contributed by atoms with Crippen LogP contribution >= 0.6 is 11.3 Å². The van der Waals surface area contributed by atoms with Crippen LogP contribution in [0.25, 0.3) is 22.2 Å². The van der Waals surface area contributed by atoms with Gasteiger partial charge in [0, 0.05) is 59.0 Å². The van der Waals surface area contributed by atoms with Crippen LogP contribution < -0.4 is 25.4 Å². The third kappa shape index (κ3) is 7.89. The van der Waals surface area contributed by atoms with Crippen molar-refractivity contribution >= 4 is 46.1 Å². The molecule has 4 amide bonds. The van der Waals surface area contributed by atoms with E-state index in [1.54, 1.807) is 18.6 Å². The average molecular weight is 726 g/mol. The Kier molecular flexibility index (Phi) is 10.8. The Labute approximate surface area is 306 Å². The van der Waals surface area contributed by atoms with E-state index in [0.29, 0.717) is 34.7 Å². The van der Waals surface area contributed by atoms with Gasteiger partial charge in [-0.25, -0.2) is 14.6 Å². The molecule has 1 saturated carbocycles. The van der Waals surface area contributed by atoms with E-state index < -0.39 is 47.6 Å². The molecule has 2 aromatic carbocycles. The van der Waals surface area contributed by atoms with E-state index in [1.165, 1.54) is 22.3 Å². The molecule has 1 saturated heterocycles. The monoisotopic (exact) mass is 725 g/mol. The summed E-state index contributed by atoms with van der Waals surface area (Å²) >= 11 is 1.42. The molecule has 52 heavy (non-hydrogen) atoms. The molecule has 2 aromatic heterocycles. The van der Waals surface area contributed by atoms with Crippen LogP contribution in [0.3, 0.4) is 0 Å². The summed E-state index contributed by atoms with van der Waals surface area (Å²) < 4.78 is 12.1. The SMILES string of the molecule is C=CC1C[C@]1(NC(=O)C1C[C@@H](Oc2cc(-c3ccccc3)nc3cc(OC)ccc23)CN1C(=O)N[C@H](CNC(=O)c1ccsc1)CC(C)C)C(=O)O. The Morgan fingerprint density at radius 1 is 1.13 bits per heavy atom. The maximum Gasteiger partial charge on any atom is 0.330 e. The number of carboxylic acids is 1. The molecule has 2 fully saturated rings. The van der Waals surface area contributed by atoms with Crippen LogP contribution in [0, 0.1) is 11.8 Å². The van der Waals surface area contributed by atoms with Gasteiger partial charge >= 0.3 is 12.0 Å². The lowest BCUT2D eigenvalue weighted by Crippen LogP contribution is -2.56. The summed E-state index contributed by atoms with van der Waals surface area (Å²) in [7, 11) is 1.58. The Morgan fingerprint density at radius 3 is 2.58 bits per heavy atom. The first-order valence-electron chi connectivity index (χ1n) is 17.3. The number of hydrogen-bond acceptors (Lipinski definition) is 8. The fourth-order valence-corrected chi connectivity index (χ4v) is 7.38. The van der Waals surface area contributed by atoms with E-state index in [-0.39, 0.29) is 37.8 Å². The molecule has 1 aliphatic carbocycles. The largest absolute Gasteiger partial charge is 0.497 e. The molecular weight excluding hydrogens is 683 g/mol. The zero-order valence-electron chi connectivity index (χ0n) is 29.3. The van der Waals surface area contributed by atoms with Crippen LogP contribution in [0.1, 0.15) is 43.5 Å². The van der Waals surface area contributed by atoms with E-state index in [2.05, 4.69) is 22.5 Å².